The largest absolute Gasteiger partial charge is 0.410 e. The molecule has 90 valence electrons. The van der Waals surface area contributed by atoms with Crippen LogP contribution in [-0.4, -0.2) is 20.7 Å². The molecule has 3 heteroatoms. The molecule has 0 aliphatic heterocycles. The summed E-state index contributed by atoms with van der Waals surface area (Å²) in [6, 6.07) is 0. The van der Waals surface area contributed by atoms with Crippen molar-refractivity contribution in [2.45, 2.75) is 59.2 Å². The van der Waals surface area contributed by atoms with Crippen LogP contribution in [0.4, 0.5) is 0 Å². The third kappa shape index (κ3) is 5.47. The van der Waals surface area contributed by atoms with Gasteiger partial charge < -0.3 is 4.43 Å². The topological polar surface area (TPSA) is 26.3 Å². The van der Waals surface area contributed by atoms with Gasteiger partial charge in [-0.25, -0.2) is 0 Å². The number of hydrogen-bond acceptors (Lipinski definition) is 2. The van der Waals surface area contributed by atoms with Gasteiger partial charge in [0.05, 0.1) is 6.61 Å². The van der Waals surface area contributed by atoms with Crippen molar-refractivity contribution in [2.24, 2.45) is 5.92 Å². The lowest BCUT2D eigenvalue weighted by Gasteiger charge is -2.35. The van der Waals surface area contributed by atoms with Crippen molar-refractivity contribution in [3.8, 4) is 0 Å². The smallest absolute Gasteiger partial charge is 0.192 e. The Morgan fingerprint density at radius 2 is 1.73 bits per heavy atom. The van der Waals surface area contributed by atoms with Crippen LogP contribution in [0, 0.1) is 5.92 Å². The van der Waals surface area contributed by atoms with Crippen molar-refractivity contribution in [1.29, 1.82) is 0 Å². The van der Waals surface area contributed by atoms with E-state index >= 15 is 0 Å². The maximum absolute atomic E-state index is 11.5. The van der Waals surface area contributed by atoms with Crippen molar-refractivity contribution < 1.29 is 9.22 Å². The minimum Gasteiger partial charge on any atom is -0.410 e. The molecule has 0 saturated carbocycles. The van der Waals surface area contributed by atoms with E-state index in [2.05, 4.69) is 47.7 Å². The first kappa shape index (κ1) is 14.8. The summed E-state index contributed by atoms with van der Waals surface area (Å²) >= 11 is 0. The molecule has 0 aliphatic carbocycles. The van der Waals surface area contributed by atoms with E-state index in [0.717, 1.165) is 0 Å². The summed E-state index contributed by atoms with van der Waals surface area (Å²) in [4.78, 5) is 11.5. The minimum atomic E-state index is -1.74. The summed E-state index contributed by atoms with van der Waals surface area (Å²) in [5, 5.41) is 0.186. The molecule has 0 amide bonds. The van der Waals surface area contributed by atoms with Crippen molar-refractivity contribution >= 4 is 14.1 Å². The Bertz CT molecular complexity index is 214. The first-order chi connectivity index (χ1) is 6.56. The maximum Gasteiger partial charge on any atom is 0.192 e. The number of carbonyl (C=O) groups excluding carboxylic acids is 1. The second-order valence-corrected chi connectivity index (χ2v) is 11.0. The molecule has 0 aliphatic rings. The zero-order chi connectivity index (χ0) is 12.3. The molecule has 0 atom stereocenters. The van der Waals surface area contributed by atoms with Crippen LogP contribution >= 0.6 is 0 Å². The van der Waals surface area contributed by atoms with Gasteiger partial charge in [-0.1, -0.05) is 34.6 Å². The fourth-order valence-electron chi connectivity index (χ4n) is 0.992. The number of Topliss-reactive ketones (excluding diaryl/α,β-unsaturated/α-hetero) is 1. The quantitative estimate of drug-likeness (QED) is 0.674. The van der Waals surface area contributed by atoms with Crippen LogP contribution in [0.15, 0.2) is 0 Å². The van der Waals surface area contributed by atoms with E-state index in [1.54, 1.807) is 0 Å². The molecule has 0 unspecified atom stereocenters. The predicted octanol–water partition coefficient (Wildman–Crippen LogP) is 3.62. The second-order valence-electron chi connectivity index (χ2n) is 6.19. The van der Waals surface area contributed by atoms with Gasteiger partial charge in [0.1, 0.15) is 0 Å². The molecule has 0 saturated heterocycles. The normalized spacial score (nSPS) is 13.3. The second kappa shape index (κ2) is 5.26. The molecule has 0 fully saturated rings. The van der Waals surface area contributed by atoms with Crippen LogP contribution < -0.4 is 0 Å². The summed E-state index contributed by atoms with van der Waals surface area (Å²) in [5.41, 5.74) is 0. The average Bonchev–Trinajstić information content (AvgIpc) is 1.97. The van der Waals surface area contributed by atoms with E-state index in [1.165, 1.54) is 0 Å². The standard InChI is InChI=1S/C12H26O2Si/c1-10(2)8-11(13)9-14-15(6,7)12(3,4)5/h10H,8-9H2,1-7H3. The highest BCUT2D eigenvalue weighted by Crippen LogP contribution is 2.36. The Morgan fingerprint density at radius 1 is 1.27 bits per heavy atom. The van der Waals surface area contributed by atoms with E-state index in [0.29, 0.717) is 18.9 Å². The Kier molecular flexibility index (Phi) is 5.20. The highest BCUT2D eigenvalue weighted by atomic mass is 28.4. The third-order valence-corrected chi connectivity index (χ3v) is 7.51. The van der Waals surface area contributed by atoms with Gasteiger partial charge >= 0.3 is 0 Å². The lowest BCUT2D eigenvalue weighted by atomic mass is 10.1. The van der Waals surface area contributed by atoms with Crippen LogP contribution in [0.3, 0.4) is 0 Å². The van der Waals surface area contributed by atoms with E-state index in [9.17, 15) is 4.79 Å². The molecular weight excluding hydrogens is 204 g/mol. The molecule has 0 bridgehead atoms. The van der Waals surface area contributed by atoms with Gasteiger partial charge in [-0.15, -0.1) is 0 Å². The maximum atomic E-state index is 11.5. The lowest BCUT2D eigenvalue weighted by Crippen LogP contribution is -2.42. The van der Waals surface area contributed by atoms with Crippen LogP contribution in [0.5, 0.6) is 0 Å². The SMILES string of the molecule is CC(C)CC(=O)CO[Si](C)(C)C(C)(C)C. The molecule has 15 heavy (non-hydrogen) atoms. The van der Waals surface area contributed by atoms with Crippen molar-refractivity contribution in [1.82, 2.24) is 0 Å². The highest BCUT2D eigenvalue weighted by molar-refractivity contribution is 6.74. The Hall–Kier alpha value is -0.153. The summed E-state index contributed by atoms with van der Waals surface area (Å²) in [6.07, 6.45) is 0.634. The molecule has 0 spiro atoms. The zero-order valence-electron chi connectivity index (χ0n) is 11.3. The average molecular weight is 230 g/mol. The van der Waals surface area contributed by atoms with Crippen molar-refractivity contribution in [3.63, 3.8) is 0 Å². The fourth-order valence-corrected chi connectivity index (χ4v) is 1.95. The fraction of sp³-hybridized carbons (Fsp3) is 0.917. The van der Waals surface area contributed by atoms with E-state index in [-0.39, 0.29) is 10.8 Å². The molecule has 2 nitrogen and oxygen atoms in total. The summed E-state index contributed by atoms with van der Waals surface area (Å²) in [6.45, 7) is 15.3. The Balaban J connectivity index is 4.10. The van der Waals surface area contributed by atoms with Crippen LogP contribution in [0.1, 0.15) is 41.0 Å². The van der Waals surface area contributed by atoms with Gasteiger partial charge in [0.25, 0.3) is 0 Å². The molecule has 0 aromatic rings. The predicted molar refractivity (Wildman–Crippen MR) is 67.6 cm³/mol. The molecule has 0 heterocycles. The van der Waals surface area contributed by atoms with E-state index in [1.807, 2.05) is 0 Å². The number of hydrogen-bond donors (Lipinski definition) is 0. The first-order valence-corrected chi connectivity index (χ1v) is 8.63. The number of carbonyl (C=O) groups is 1. The van der Waals surface area contributed by atoms with Gasteiger partial charge in [-0.2, -0.15) is 0 Å². The molecule has 0 aromatic heterocycles. The zero-order valence-corrected chi connectivity index (χ0v) is 12.3. The lowest BCUT2D eigenvalue weighted by molar-refractivity contribution is -0.122. The van der Waals surface area contributed by atoms with E-state index in [4.69, 9.17) is 4.43 Å². The molecule has 0 rings (SSSR count). The molecule has 0 radical (unpaired) electrons. The van der Waals surface area contributed by atoms with Crippen LogP contribution in [0.25, 0.3) is 0 Å². The highest BCUT2D eigenvalue weighted by Gasteiger charge is 2.37. The first-order valence-electron chi connectivity index (χ1n) is 5.72. The number of rotatable bonds is 5. The Morgan fingerprint density at radius 3 is 2.07 bits per heavy atom. The summed E-state index contributed by atoms with van der Waals surface area (Å²) < 4.78 is 5.85. The van der Waals surface area contributed by atoms with Gasteiger partial charge in [0, 0.05) is 6.42 Å². The van der Waals surface area contributed by atoms with Gasteiger partial charge in [0.2, 0.25) is 0 Å². The minimum absolute atomic E-state index is 0.186. The monoisotopic (exact) mass is 230 g/mol. The van der Waals surface area contributed by atoms with Gasteiger partial charge in [-0.05, 0) is 24.1 Å². The molecule has 0 aromatic carbocycles. The summed E-state index contributed by atoms with van der Waals surface area (Å²) in [5.74, 6) is 0.662. The third-order valence-electron chi connectivity index (χ3n) is 3.04. The number of ketones is 1. The van der Waals surface area contributed by atoms with E-state index < -0.39 is 8.32 Å². The summed E-state index contributed by atoms with van der Waals surface area (Å²) in [7, 11) is -1.74. The van der Waals surface area contributed by atoms with Crippen molar-refractivity contribution in [3.05, 3.63) is 0 Å². The van der Waals surface area contributed by atoms with Crippen LogP contribution in [-0.2, 0) is 9.22 Å². The van der Waals surface area contributed by atoms with Gasteiger partial charge in [0.15, 0.2) is 14.1 Å². The van der Waals surface area contributed by atoms with Crippen molar-refractivity contribution in [2.75, 3.05) is 6.61 Å². The molecule has 0 N–H and O–H groups in total. The van der Waals surface area contributed by atoms with Crippen LogP contribution in [0.2, 0.25) is 18.1 Å². The molecular formula is C12H26O2Si. The van der Waals surface area contributed by atoms with Gasteiger partial charge in [-0.3, -0.25) is 4.79 Å². The Labute approximate surface area is 95.5 Å².